The summed E-state index contributed by atoms with van der Waals surface area (Å²) in [4.78, 5) is 25.2. The van der Waals surface area contributed by atoms with Crippen molar-refractivity contribution in [2.75, 3.05) is 26.2 Å². The summed E-state index contributed by atoms with van der Waals surface area (Å²) in [5, 5.41) is 0. The lowest BCUT2D eigenvalue weighted by molar-refractivity contribution is 0.0656. The molecule has 6 heteroatoms. The van der Waals surface area contributed by atoms with E-state index in [9.17, 15) is 4.79 Å². The fourth-order valence-corrected chi connectivity index (χ4v) is 5.59. The number of hydrogen-bond donors (Lipinski definition) is 1. The largest absolute Gasteiger partial charge is 0.326 e. The van der Waals surface area contributed by atoms with Crippen LogP contribution in [0.5, 0.6) is 0 Å². The van der Waals surface area contributed by atoms with Gasteiger partial charge in [0.15, 0.2) is 0 Å². The molecule has 2 saturated heterocycles. The first-order valence-corrected chi connectivity index (χ1v) is 11.7. The van der Waals surface area contributed by atoms with Gasteiger partial charge in [-0.3, -0.25) is 14.5 Å². The van der Waals surface area contributed by atoms with Gasteiger partial charge in [0, 0.05) is 56.7 Å². The molecule has 1 aromatic carbocycles. The van der Waals surface area contributed by atoms with Crippen molar-refractivity contribution in [2.24, 2.45) is 0 Å². The van der Waals surface area contributed by atoms with Gasteiger partial charge in [0.05, 0.1) is 11.0 Å². The molecule has 31 heavy (non-hydrogen) atoms. The maximum absolute atomic E-state index is 12.6. The zero-order valence-electron chi connectivity index (χ0n) is 18.6. The molecule has 0 bridgehead atoms. The maximum Gasteiger partial charge on any atom is 0.326 e. The van der Waals surface area contributed by atoms with Crippen LogP contribution in [0.4, 0.5) is 0 Å². The van der Waals surface area contributed by atoms with Gasteiger partial charge in [-0.25, -0.2) is 4.79 Å². The van der Waals surface area contributed by atoms with Crippen molar-refractivity contribution in [1.82, 2.24) is 24.3 Å². The molecule has 4 heterocycles. The fraction of sp³-hybridized carbons (Fsp3) is 0.520. The zero-order chi connectivity index (χ0) is 21.4. The van der Waals surface area contributed by atoms with E-state index in [0.717, 1.165) is 50.1 Å². The first kappa shape index (κ1) is 20.5. The molecule has 5 rings (SSSR count). The van der Waals surface area contributed by atoms with Gasteiger partial charge in [-0.2, -0.15) is 0 Å². The Bertz CT molecular complexity index is 1070. The number of aryl methyl sites for hydroxylation is 1. The molecule has 0 radical (unpaired) electrons. The van der Waals surface area contributed by atoms with Crippen LogP contribution in [0.3, 0.4) is 0 Å². The average Bonchev–Trinajstić information content (AvgIpc) is 3.14. The molecule has 3 aromatic rings. The van der Waals surface area contributed by atoms with E-state index in [1.54, 1.807) is 0 Å². The van der Waals surface area contributed by atoms with Crippen LogP contribution in [-0.4, -0.2) is 56.6 Å². The van der Waals surface area contributed by atoms with E-state index in [1.807, 2.05) is 23.0 Å². The Morgan fingerprint density at radius 1 is 1.03 bits per heavy atom. The molecule has 2 aromatic heterocycles. The van der Waals surface area contributed by atoms with Crippen molar-refractivity contribution in [3.05, 3.63) is 64.3 Å². The van der Waals surface area contributed by atoms with E-state index < -0.39 is 0 Å². The summed E-state index contributed by atoms with van der Waals surface area (Å²) in [7, 11) is 0. The van der Waals surface area contributed by atoms with Gasteiger partial charge in [-0.1, -0.05) is 12.1 Å². The Kier molecular flexibility index (Phi) is 5.67. The van der Waals surface area contributed by atoms with Gasteiger partial charge < -0.3 is 9.88 Å². The van der Waals surface area contributed by atoms with Crippen LogP contribution in [0.15, 0.2) is 47.5 Å². The van der Waals surface area contributed by atoms with E-state index in [1.165, 1.54) is 24.0 Å². The van der Waals surface area contributed by atoms with Crippen LogP contribution in [0.25, 0.3) is 11.0 Å². The van der Waals surface area contributed by atoms with Crippen LogP contribution in [0.2, 0.25) is 0 Å². The smallest absolute Gasteiger partial charge is 0.306 e. The Morgan fingerprint density at radius 2 is 1.77 bits per heavy atom. The molecule has 6 nitrogen and oxygen atoms in total. The molecule has 1 N–H and O–H groups in total. The average molecular weight is 420 g/mol. The number of fused-ring (bicyclic) bond motifs is 1. The van der Waals surface area contributed by atoms with Crippen molar-refractivity contribution in [2.45, 2.75) is 57.7 Å². The van der Waals surface area contributed by atoms with E-state index in [0.29, 0.717) is 18.1 Å². The van der Waals surface area contributed by atoms with Gasteiger partial charge in [0.1, 0.15) is 0 Å². The molecule has 2 aliphatic heterocycles. The molecule has 2 aliphatic rings. The predicted molar refractivity (Wildman–Crippen MR) is 124 cm³/mol. The highest BCUT2D eigenvalue weighted by Crippen LogP contribution is 2.30. The number of aromatic amines is 1. The van der Waals surface area contributed by atoms with E-state index in [4.69, 9.17) is 0 Å². The topological polar surface area (TPSA) is 57.2 Å². The molecule has 2 fully saturated rings. The van der Waals surface area contributed by atoms with Crippen LogP contribution in [0.1, 0.15) is 55.8 Å². The van der Waals surface area contributed by atoms with Crippen molar-refractivity contribution < 1.29 is 0 Å². The summed E-state index contributed by atoms with van der Waals surface area (Å²) in [5.74, 6) is 0. The summed E-state index contributed by atoms with van der Waals surface area (Å²) in [6.07, 6.45) is 8.39. The third kappa shape index (κ3) is 4.06. The van der Waals surface area contributed by atoms with E-state index in [-0.39, 0.29) is 5.69 Å². The van der Waals surface area contributed by atoms with Crippen molar-refractivity contribution in [3.63, 3.8) is 0 Å². The number of aromatic nitrogens is 3. The summed E-state index contributed by atoms with van der Waals surface area (Å²) in [5.41, 5.74) is 4.53. The lowest BCUT2D eigenvalue weighted by Crippen LogP contribution is -2.48. The number of rotatable bonds is 4. The SMILES string of the molecule is Cc1ccc2c(c1)[nH]c(=O)n2C1CCN(C2CCN(C(C)c3cccnc3)CC2)CC1. The fourth-order valence-electron chi connectivity index (χ4n) is 5.59. The minimum absolute atomic E-state index is 0.0387. The number of likely N-dealkylation sites (tertiary alicyclic amines) is 2. The van der Waals surface area contributed by atoms with Crippen molar-refractivity contribution in [1.29, 1.82) is 0 Å². The summed E-state index contributed by atoms with van der Waals surface area (Å²) in [6, 6.07) is 11.9. The number of pyridine rings is 1. The highest BCUT2D eigenvalue weighted by Gasteiger charge is 2.31. The molecule has 0 amide bonds. The minimum atomic E-state index is 0.0387. The third-order valence-corrected chi connectivity index (χ3v) is 7.47. The van der Waals surface area contributed by atoms with Gasteiger partial charge in [0.2, 0.25) is 0 Å². The highest BCUT2D eigenvalue weighted by molar-refractivity contribution is 5.76. The number of nitrogens with one attached hydrogen (secondary N) is 1. The van der Waals surface area contributed by atoms with Crippen LogP contribution in [0, 0.1) is 6.92 Å². The molecular weight excluding hydrogens is 386 g/mol. The van der Waals surface area contributed by atoms with Gasteiger partial charge in [-0.05, 0) is 68.9 Å². The predicted octanol–water partition coefficient (Wildman–Crippen LogP) is 3.90. The lowest BCUT2D eigenvalue weighted by atomic mass is 9.96. The maximum atomic E-state index is 12.6. The number of nitrogens with zero attached hydrogens (tertiary/aromatic N) is 4. The third-order valence-electron chi connectivity index (χ3n) is 7.47. The Hall–Kier alpha value is -2.44. The zero-order valence-corrected chi connectivity index (χ0v) is 18.6. The van der Waals surface area contributed by atoms with Gasteiger partial charge in [0.25, 0.3) is 0 Å². The summed E-state index contributed by atoms with van der Waals surface area (Å²) >= 11 is 0. The van der Waals surface area contributed by atoms with Crippen molar-refractivity contribution >= 4 is 11.0 Å². The lowest BCUT2D eigenvalue weighted by Gasteiger charge is -2.43. The number of imidazole rings is 1. The number of H-pyrrole nitrogens is 1. The van der Waals surface area contributed by atoms with Crippen LogP contribution < -0.4 is 5.69 Å². The highest BCUT2D eigenvalue weighted by atomic mass is 16.1. The Labute approximate surface area is 183 Å². The van der Waals surface area contributed by atoms with Crippen molar-refractivity contribution in [3.8, 4) is 0 Å². The normalized spacial score (nSPS) is 21.0. The minimum Gasteiger partial charge on any atom is -0.306 e. The Balaban J connectivity index is 1.19. The van der Waals surface area contributed by atoms with E-state index >= 15 is 0 Å². The second-order valence-corrected chi connectivity index (χ2v) is 9.32. The molecule has 164 valence electrons. The summed E-state index contributed by atoms with van der Waals surface area (Å²) in [6.45, 7) is 8.81. The quantitative estimate of drug-likeness (QED) is 0.697. The van der Waals surface area contributed by atoms with Crippen LogP contribution >= 0.6 is 0 Å². The Morgan fingerprint density at radius 3 is 2.48 bits per heavy atom. The molecule has 1 unspecified atom stereocenters. The van der Waals surface area contributed by atoms with E-state index in [2.05, 4.69) is 57.9 Å². The first-order valence-electron chi connectivity index (χ1n) is 11.7. The number of hydrogen-bond acceptors (Lipinski definition) is 4. The molecule has 1 atom stereocenters. The number of piperidine rings is 2. The van der Waals surface area contributed by atoms with Gasteiger partial charge in [-0.15, -0.1) is 0 Å². The second-order valence-electron chi connectivity index (χ2n) is 9.32. The molecular formula is C25H33N5O. The molecule has 0 saturated carbocycles. The molecule has 0 spiro atoms. The second kappa shape index (κ2) is 8.60. The first-order chi connectivity index (χ1) is 15.1. The van der Waals surface area contributed by atoms with Gasteiger partial charge >= 0.3 is 5.69 Å². The summed E-state index contributed by atoms with van der Waals surface area (Å²) < 4.78 is 2.00. The molecule has 0 aliphatic carbocycles. The monoisotopic (exact) mass is 419 g/mol. The standard InChI is InChI=1S/C25H33N5O/c1-18-5-6-24-23(16-18)27-25(31)30(24)22-9-14-29(15-10-22)21-7-12-28(13-8-21)19(2)20-4-3-11-26-17-20/h3-6,11,16-17,19,21-22H,7-10,12-15H2,1-2H3,(H,27,31). The number of benzene rings is 1. The van der Waals surface area contributed by atoms with Crippen LogP contribution in [-0.2, 0) is 0 Å².